The van der Waals surface area contributed by atoms with Gasteiger partial charge < -0.3 is 25.8 Å². The van der Waals surface area contributed by atoms with Crippen molar-refractivity contribution in [1.82, 2.24) is 0 Å². The van der Waals surface area contributed by atoms with Crippen LogP contribution in [0.1, 0.15) is 40.5 Å². The summed E-state index contributed by atoms with van der Waals surface area (Å²) in [6.45, 7) is 9.58. The SMILES string of the molecule is C=C(C)C(=O)O.CC(=O)O.CCCC(=O)O.CCOC(N)=O. The number of rotatable bonds is 4. The van der Waals surface area contributed by atoms with Gasteiger partial charge in [-0.3, -0.25) is 9.59 Å². The zero-order valence-corrected chi connectivity index (χ0v) is 13.3. The van der Waals surface area contributed by atoms with E-state index in [0.29, 0.717) is 13.0 Å². The van der Waals surface area contributed by atoms with Gasteiger partial charge in [-0.2, -0.15) is 0 Å². The van der Waals surface area contributed by atoms with Crippen LogP contribution in [0.25, 0.3) is 0 Å². The smallest absolute Gasteiger partial charge is 0.404 e. The molecule has 0 fully saturated rings. The van der Waals surface area contributed by atoms with Gasteiger partial charge in [0.2, 0.25) is 0 Å². The van der Waals surface area contributed by atoms with Crippen LogP contribution in [-0.4, -0.2) is 45.9 Å². The Morgan fingerprint density at radius 1 is 1.05 bits per heavy atom. The first-order valence-electron chi connectivity index (χ1n) is 6.14. The summed E-state index contributed by atoms with van der Waals surface area (Å²) in [5.41, 5.74) is 4.72. The molecule has 22 heavy (non-hydrogen) atoms. The highest BCUT2D eigenvalue weighted by Gasteiger charge is 1.90. The molecule has 130 valence electrons. The molecule has 0 aromatic carbocycles. The Labute approximate surface area is 129 Å². The van der Waals surface area contributed by atoms with E-state index in [1.54, 1.807) is 6.92 Å². The van der Waals surface area contributed by atoms with Crippen LogP contribution in [-0.2, 0) is 19.1 Å². The molecule has 0 rings (SSSR count). The lowest BCUT2D eigenvalue weighted by molar-refractivity contribution is -0.137. The number of ether oxygens (including phenoxy) is 1. The lowest BCUT2D eigenvalue weighted by atomic mass is 10.4. The minimum atomic E-state index is -0.935. The van der Waals surface area contributed by atoms with E-state index in [2.05, 4.69) is 17.0 Å². The van der Waals surface area contributed by atoms with Gasteiger partial charge in [-0.15, -0.1) is 0 Å². The molecular formula is C13H25NO8. The highest BCUT2D eigenvalue weighted by atomic mass is 16.5. The van der Waals surface area contributed by atoms with Crippen molar-refractivity contribution >= 4 is 24.0 Å². The van der Waals surface area contributed by atoms with E-state index in [1.165, 1.54) is 6.92 Å². The second-order valence-corrected chi connectivity index (χ2v) is 3.50. The molecule has 0 radical (unpaired) electrons. The number of carbonyl (C=O) groups is 4. The number of aliphatic carboxylic acids is 3. The molecular weight excluding hydrogens is 298 g/mol. The van der Waals surface area contributed by atoms with Gasteiger partial charge in [0.05, 0.1) is 6.61 Å². The highest BCUT2D eigenvalue weighted by Crippen LogP contribution is 1.82. The molecule has 0 aliphatic heterocycles. The van der Waals surface area contributed by atoms with E-state index >= 15 is 0 Å². The summed E-state index contributed by atoms with van der Waals surface area (Å²) in [6, 6.07) is 0. The normalized spacial score (nSPS) is 7.45. The molecule has 0 aliphatic carbocycles. The van der Waals surface area contributed by atoms with Crippen molar-refractivity contribution in [3.8, 4) is 0 Å². The third-order valence-electron chi connectivity index (χ3n) is 1.12. The van der Waals surface area contributed by atoms with Gasteiger partial charge >= 0.3 is 18.0 Å². The minimum Gasteiger partial charge on any atom is -0.481 e. The predicted octanol–water partition coefficient (Wildman–Crippen LogP) is 1.71. The monoisotopic (exact) mass is 323 g/mol. The number of hydrogen-bond acceptors (Lipinski definition) is 5. The van der Waals surface area contributed by atoms with Gasteiger partial charge in [-0.1, -0.05) is 13.5 Å². The molecule has 1 amide bonds. The number of carboxylic acids is 3. The minimum absolute atomic E-state index is 0.176. The van der Waals surface area contributed by atoms with E-state index in [1.807, 2.05) is 6.92 Å². The van der Waals surface area contributed by atoms with E-state index in [4.69, 9.17) is 20.1 Å². The average molecular weight is 323 g/mol. The second-order valence-electron chi connectivity index (χ2n) is 3.50. The summed E-state index contributed by atoms with van der Waals surface area (Å²) in [4.78, 5) is 37.8. The van der Waals surface area contributed by atoms with E-state index in [-0.39, 0.29) is 5.57 Å². The summed E-state index contributed by atoms with van der Waals surface area (Å²) < 4.78 is 4.18. The molecule has 5 N–H and O–H groups in total. The van der Waals surface area contributed by atoms with E-state index < -0.39 is 24.0 Å². The molecule has 9 heteroatoms. The van der Waals surface area contributed by atoms with Crippen molar-refractivity contribution in [2.24, 2.45) is 5.73 Å². The van der Waals surface area contributed by atoms with Crippen molar-refractivity contribution < 1.29 is 39.2 Å². The average Bonchev–Trinajstić information content (AvgIpc) is 2.28. The fourth-order valence-electron chi connectivity index (χ4n) is 0.356. The van der Waals surface area contributed by atoms with Crippen LogP contribution in [0.15, 0.2) is 12.2 Å². The van der Waals surface area contributed by atoms with Gasteiger partial charge in [0.1, 0.15) is 0 Å². The Morgan fingerprint density at radius 3 is 1.36 bits per heavy atom. The number of primary amides is 1. The lowest BCUT2D eigenvalue weighted by Gasteiger charge is -1.89. The second kappa shape index (κ2) is 20.7. The van der Waals surface area contributed by atoms with Crippen LogP contribution in [0.3, 0.4) is 0 Å². The standard InChI is InChI=1S/C4H6O2.C4H8O2.C3H7NO2.C2H4O2/c1-3(2)4(5)6;1-2-3-4(5)6;1-2-6-3(4)5;1-2(3)4/h1H2,2H3,(H,5,6);2-3H2,1H3,(H,5,6);2H2,1H3,(H2,4,5);1H3,(H,3,4). The molecule has 0 saturated carbocycles. The van der Waals surface area contributed by atoms with Crippen molar-refractivity contribution in [1.29, 1.82) is 0 Å². The summed E-state index contributed by atoms with van der Waals surface area (Å²) in [6.07, 6.45) is 0.312. The number of carbonyl (C=O) groups excluding carboxylic acids is 1. The molecule has 9 nitrogen and oxygen atoms in total. The first kappa shape index (κ1) is 27.7. The Hall–Kier alpha value is -2.58. The molecule has 0 atom stereocenters. The van der Waals surface area contributed by atoms with E-state index in [9.17, 15) is 14.4 Å². The van der Waals surface area contributed by atoms with Crippen molar-refractivity contribution in [2.45, 2.75) is 40.5 Å². The van der Waals surface area contributed by atoms with Crippen molar-refractivity contribution in [3.63, 3.8) is 0 Å². The summed E-state index contributed by atoms with van der Waals surface area (Å²) in [5, 5.41) is 23.2. The van der Waals surface area contributed by atoms with Gasteiger partial charge in [-0.05, 0) is 20.3 Å². The van der Waals surface area contributed by atoms with Gasteiger partial charge in [0.25, 0.3) is 5.97 Å². The number of carboxylic acid groups (broad SMARTS) is 3. The zero-order chi connectivity index (χ0) is 18.7. The fourth-order valence-corrected chi connectivity index (χ4v) is 0.356. The molecule has 0 unspecified atom stereocenters. The zero-order valence-electron chi connectivity index (χ0n) is 13.3. The van der Waals surface area contributed by atoms with Crippen molar-refractivity contribution in [3.05, 3.63) is 12.2 Å². The first-order chi connectivity index (χ1) is 9.91. The topological polar surface area (TPSA) is 164 Å². The molecule has 0 aliphatic rings. The maximum atomic E-state index is 9.60. The summed E-state index contributed by atoms with van der Waals surface area (Å²) in [7, 11) is 0. The maximum Gasteiger partial charge on any atom is 0.404 e. The predicted molar refractivity (Wildman–Crippen MR) is 79.5 cm³/mol. The maximum absolute atomic E-state index is 9.60. The Bertz CT molecular complexity index is 320. The third kappa shape index (κ3) is 85.3. The van der Waals surface area contributed by atoms with Crippen molar-refractivity contribution in [2.75, 3.05) is 6.61 Å². The lowest BCUT2D eigenvalue weighted by Crippen LogP contribution is -2.11. The molecule has 0 saturated heterocycles. The molecule has 0 heterocycles. The third-order valence-corrected chi connectivity index (χ3v) is 1.12. The fraction of sp³-hybridized carbons (Fsp3) is 0.538. The quantitative estimate of drug-likeness (QED) is 0.567. The van der Waals surface area contributed by atoms with Gasteiger partial charge in [0.15, 0.2) is 0 Å². The van der Waals surface area contributed by atoms with Gasteiger partial charge in [0, 0.05) is 18.9 Å². The molecule has 0 bridgehead atoms. The highest BCUT2D eigenvalue weighted by molar-refractivity contribution is 5.84. The van der Waals surface area contributed by atoms with Crippen LogP contribution >= 0.6 is 0 Å². The molecule has 0 aromatic rings. The van der Waals surface area contributed by atoms with Crippen LogP contribution in [0.5, 0.6) is 0 Å². The van der Waals surface area contributed by atoms with Crippen LogP contribution < -0.4 is 5.73 Å². The Balaban J connectivity index is -0.0000000994. The molecule has 0 aromatic heterocycles. The Kier molecular flexibility index (Phi) is 26.1. The van der Waals surface area contributed by atoms with Crippen LogP contribution in [0, 0.1) is 0 Å². The summed E-state index contributed by atoms with van der Waals surface area (Å²) in [5.74, 6) is -2.48. The number of nitrogens with two attached hydrogens (primary N) is 1. The van der Waals surface area contributed by atoms with Crippen LogP contribution in [0.4, 0.5) is 4.79 Å². The Morgan fingerprint density at radius 2 is 1.36 bits per heavy atom. The van der Waals surface area contributed by atoms with Gasteiger partial charge in [-0.25, -0.2) is 9.59 Å². The van der Waals surface area contributed by atoms with E-state index in [0.717, 1.165) is 13.3 Å². The summed E-state index contributed by atoms with van der Waals surface area (Å²) >= 11 is 0. The molecule has 0 spiro atoms. The first-order valence-corrected chi connectivity index (χ1v) is 6.14. The largest absolute Gasteiger partial charge is 0.481 e. The van der Waals surface area contributed by atoms with Crippen LogP contribution in [0.2, 0.25) is 0 Å². The number of amides is 1. The number of hydrogen-bond donors (Lipinski definition) is 4.